The minimum Gasteiger partial charge on any atom is -0.497 e. The molecule has 1 saturated heterocycles. The number of aromatic nitrogens is 2. The molecule has 0 saturated carbocycles. The van der Waals surface area contributed by atoms with Crippen LogP contribution < -0.4 is 19.9 Å². The molecule has 0 unspecified atom stereocenters. The van der Waals surface area contributed by atoms with Crippen molar-refractivity contribution in [3.63, 3.8) is 0 Å². The van der Waals surface area contributed by atoms with E-state index in [1.165, 1.54) is 11.3 Å². The van der Waals surface area contributed by atoms with Crippen LogP contribution in [0.4, 0.5) is 23.1 Å². The molecular formula is C22H25N5O. The fourth-order valence-corrected chi connectivity index (χ4v) is 3.41. The first-order valence-electron chi connectivity index (χ1n) is 9.52. The van der Waals surface area contributed by atoms with Gasteiger partial charge in [0.1, 0.15) is 11.6 Å². The first-order chi connectivity index (χ1) is 13.7. The Hall–Kier alpha value is -3.28. The van der Waals surface area contributed by atoms with Crippen LogP contribution in [-0.4, -0.2) is 43.3 Å². The Morgan fingerprint density at radius 1 is 0.929 bits per heavy atom. The number of hydrogen-bond acceptors (Lipinski definition) is 6. The highest BCUT2D eigenvalue weighted by Crippen LogP contribution is 2.22. The third kappa shape index (κ3) is 4.17. The van der Waals surface area contributed by atoms with Gasteiger partial charge in [-0.05, 0) is 55.0 Å². The van der Waals surface area contributed by atoms with Gasteiger partial charge in [0, 0.05) is 43.8 Å². The lowest BCUT2D eigenvalue weighted by Gasteiger charge is -2.36. The summed E-state index contributed by atoms with van der Waals surface area (Å²) in [5, 5.41) is 3.26. The Morgan fingerprint density at radius 3 is 2.39 bits per heavy atom. The number of benzene rings is 2. The Morgan fingerprint density at radius 2 is 1.68 bits per heavy atom. The van der Waals surface area contributed by atoms with E-state index in [9.17, 15) is 0 Å². The number of aryl methyl sites for hydroxylation is 1. The van der Waals surface area contributed by atoms with Crippen LogP contribution in [0, 0.1) is 6.92 Å². The van der Waals surface area contributed by atoms with Crippen molar-refractivity contribution >= 4 is 23.1 Å². The number of hydrogen-bond donors (Lipinski definition) is 1. The van der Waals surface area contributed by atoms with Crippen LogP contribution in [0.1, 0.15) is 5.56 Å². The monoisotopic (exact) mass is 375 g/mol. The Kier molecular flexibility index (Phi) is 5.28. The quantitative estimate of drug-likeness (QED) is 0.731. The molecule has 6 nitrogen and oxygen atoms in total. The van der Waals surface area contributed by atoms with E-state index >= 15 is 0 Å². The molecule has 0 aliphatic carbocycles. The van der Waals surface area contributed by atoms with E-state index in [1.54, 1.807) is 13.3 Å². The molecule has 2 aromatic carbocycles. The Labute approximate surface area is 165 Å². The number of methoxy groups -OCH3 is 1. The van der Waals surface area contributed by atoms with Gasteiger partial charge in [-0.3, -0.25) is 0 Å². The molecule has 0 amide bonds. The van der Waals surface area contributed by atoms with Crippen LogP contribution in [0.25, 0.3) is 0 Å². The first-order valence-corrected chi connectivity index (χ1v) is 9.52. The smallest absolute Gasteiger partial charge is 0.229 e. The van der Waals surface area contributed by atoms with Gasteiger partial charge in [-0.25, -0.2) is 4.98 Å². The van der Waals surface area contributed by atoms with Crippen LogP contribution >= 0.6 is 0 Å². The number of nitrogens with one attached hydrogen (secondary N) is 1. The molecule has 0 spiro atoms. The maximum atomic E-state index is 5.20. The van der Waals surface area contributed by atoms with Crippen molar-refractivity contribution in [2.75, 3.05) is 48.4 Å². The molecule has 1 fully saturated rings. The highest BCUT2D eigenvalue weighted by atomic mass is 16.5. The number of nitrogens with zero attached hydrogens (tertiary/aromatic N) is 4. The molecule has 28 heavy (non-hydrogen) atoms. The Bertz CT molecular complexity index is 920. The average molecular weight is 375 g/mol. The van der Waals surface area contributed by atoms with Crippen LogP contribution in [0.5, 0.6) is 5.75 Å². The SMILES string of the molecule is COc1ccc(Nc2nccc(N3CCN(c4cccc(C)c4)CC3)n2)cc1. The summed E-state index contributed by atoms with van der Waals surface area (Å²) >= 11 is 0. The minimum absolute atomic E-state index is 0.601. The normalized spacial score (nSPS) is 14.1. The van der Waals surface area contributed by atoms with Gasteiger partial charge in [0.15, 0.2) is 0 Å². The highest BCUT2D eigenvalue weighted by molar-refractivity contribution is 5.57. The van der Waals surface area contributed by atoms with Crippen molar-refractivity contribution in [1.29, 1.82) is 0 Å². The summed E-state index contributed by atoms with van der Waals surface area (Å²) in [6, 6.07) is 18.4. The highest BCUT2D eigenvalue weighted by Gasteiger charge is 2.18. The maximum absolute atomic E-state index is 5.20. The second kappa shape index (κ2) is 8.17. The van der Waals surface area contributed by atoms with Gasteiger partial charge < -0.3 is 19.9 Å². The topological polar surface area (TPSA) is 53.5 Å². The summed E-state index contributed by atoms with van der Waals surface area (Å²) in [7, 11) is 1.66. The molecule has 0 radical (unpaired) electrons. The molecule has 1 aliphatic rings. The van der Waals surface area contributed by atoms with Crippen molar-refractivity contribution in [2.24, 2.45) is 0 Å². The largest absolute Gasteiger partial charge is 0.497 e. The zero-order chi connectivity index (χ0) is 19.3. The Balaban J connectivity index is 1.40. The van der Waals surface area contributed by atoms with Gasteiger partial charge in [-0.1, -0.05) is 12.1 Å². The van der Waals surface area contributed by atoms with Gasteiger partial charge in [0.05, 0.1) is 7.11 Å². The molecule has 4 rings (SSSR count). The first kappa shape index (κ1) is 18.1. The summed E-state index contributed by atoms with van der Waals surface area (Å²) in [5.41, 5.74) is 3.52. The van der Waals surface area contributed by atoms with Crippen LogP contribution in [-0.2, 0) is 0 Å². The lowest BCUT2D eigenvalue weighted by atomic mass is 10.2. The molecule has 3 aromatic rings. The summed E-state index contributed by atoms with van der Waals surface area (Å²) in [6.45, 7) is 5.97. The third-order valence-corrected chi connectivity index (χ3v) is 4.96. The van der Waals surface area contributed by atoms with E-state index in [0.29, 0.717) is 5.95 Å². The predicted molar refractivity (Wildman–Crippen MR) is 114 cm³/mol. The van der Waals surface area contributed by atoms with Crippen LogP contribution in [0.15, 0.2) is 60.8 Å². The lowest BCUT2D eigenvalue weighted by Crippen LogP contribution is -2.46. The molecule has 1 N–H and O–H groups in total. The van der Waals surface area contributed by atoms with Crippen molar-refractivity contribution < 1.29 is 4.74 Å². The molecule has 0 bridgehead atoms. The molecule has 1 aliphatic heterocycles. The van der Waals surface area contributed by atoms with Gasteiger partial charge >= 0.3 is 0 Å². The fraction of sp³-hybridized carbons (Fsp3) is 0.273. The molecule has 0 atom stereocenters. The standard InChI is InChI=1S/C22H25N5O/c1-17-4-3-5-19(16-17)26-12-14-27(15-13-26)21-10-11-23-22(25-21)24-18-6-8-20(28-2)9-7-18/h3-11,16H,12-15H2,1-2H3,(H,23,24,25). The van der Waals surface area contributed by atoms with Crippen LogP contribution in [0.2, 0.25) is 0 Å². The van der Waals surface area contributed by atoms with Gasteiger partial charge in [0.2, 0.25) is 5.95 Å². The van der Waals surface area contributed by atoms with E-state index in [4.69, 9.17) is 9.72 Å². The molecular weight excluding hydrogens is 350 g/mol. The van der Waals surface area contributed by atoms with E-state index in [1.807, 2.05) is 30.3 Å². The van der Waals surface area contributed by atoms with Gasteiger partial charge in [-0.15, -0.1) is 0 Å². The second-order valence-corrected chi connectivity index (χ2v) is 6.91. The molecule has 2 heterocycles. The zero-order valence-corrected chi connectivity index (χ0v) is 16.3. The zero-order valence-electron chi connectivity index (χ0n) is 16.3. The van der Waals surface area contributed by atoms with Crippen molar-refractivity contribution in [3.05, 3.63) is 66.4 Å². The van der Waals surface area contributed by atoms with Crippen LogP contribution in [0.3, 0.4) is 0 Å². The number of rotatable bonds is 5. The molecule has 144 valence electrons. The second-order valence-electron chi connectivity index (χ2n) is 6.91. The van der Waals surface area contributed by atoms with Crippen molar-refractivity contribution in [1.82, 2.24) is 9.97 Å². The van der Waals surface area contributed by atoms with E-state index in [-0.39, 0.29) is 0 Å². The number of ether oxygens (including phenoxy) is 1. The lowest BCUT2D eigenvalue weighted by molar-refractivity contribution is 0.415. The summed E-state index contributed by atoms with van der Waals surface area (Å²) in [5.74, 6) is 2.38. The van der Waals surface area contributed by atoms with E-state index in [0.717, 1.165) is 43.4 Å². The van der Waals surface area contributed by atoms with Crippen molar-refractivity contribution in [2.45, 2.75) is 6.92 Å². The average Bonchev–Trinajstić information content (AvgIpc) is 2.75. The fourth-order valence-electron chi connectivity index (χ4n) is 3.41. The molecule has 6 heteroatoms. The number of piperazine rings is 1. The van der Waals surface area contributed by atoms with Crippen molar-refractivity contribution in [3.8, 4) is 5.75 Å². The maximum Gasteiger partial charge on any atom is 0.229 e. The molecule has 1 aromatic heterocycles. The summed E-state index contributed by atoms with van der Waals surface area (Å²) < 4.78 is 5.20. The van der Waals surface area contributed by atoms with E-state index in [2.05, 4.69) is 51.3 Å². The van der Waals surface area contributed by atoms with E-state index < -0.39 is 0 Å². The predicted octanol–water partition coefficient (Wildman–Crippen LogP) is 3.86. The third-order valence-electron chi connectivity index (χ3n) is 4.96. The summed E-state index contributed by atoms with van der Waals surface area (Å²) in [6.07, 6.45) is 1.81. The minimum atomic E-state index is 0.601. The van der Waals surface area contributed by atoms with Gasteiger partial charge in [-0.2, -0.15) is 4.98 Å². The number of anilines is 4. The van der Waals surface area contributed by atoms with Gasteiger partial charge in [0.25, 0.3) is 0 Å². The summed E-state index contributed by atoms with van der Waals surface area (Å²) in [4.78, 5) is 13.8.